The third-order valence-corrected chi connectivity index (χ3v) is 5.81. The molecule has 2 aromatic rings. The van der Waals surface area contributed by atoms with Crippen LogP contribution in [-0.4, -0.2) is 58.9 Å². The predicted molar refractivity (Wildman–Crippen MR) is 117 cm³/mol. The van der Waals surface area contributed by atoms with Gasteiger partial charge in [-0.2, -0.15) is 4.98 Å². The van der Waals surface area contributed by atoms with Crippen LogP contribution in [0.2, 0.25) is 0 Å². The number of benzene rings is 1. The fourth-order valence-electron chi connectivity index (χ4n) is 4.12. The lowest BCUT2D eigenvalue weighted by molar-refractivity contribution is -0.134. The van der Waals surface area contributed by atoms with E-state index >= 15 is 0 Å². The molecule has 0 radical (unpaired) electrons. The van der Waals surface area contributed by atoms with Crippen LogP contribution < -0.4 is 15.5 Å². The van der Waals surface area contributed by atoms with E-state index in [0.29, 0.717) is 36.2 Å². The van der Waals surface area contributed by atoms with E-state index in [2.05, 4.69) is 20.6 Å². The second-order valence-corrected chi connectivity index (χ2v) is 8.56. The summed E-state index contributed by atoms with van der Waals surface area (Å²) in [4.78, 5) is 37.7. The van der Waals surface area contributed by atoms with E-state index in [-0.39, 0.29) is 42.1 Å². The number of likely N-dealkylation sites (tertiary alicyclic amines) is 1. The van der Waals surface area contributed by atoms with Crippen LogP contribution in [0.15, 0.2) is 24.3 Å². The standard InChI is InChI=1S/C22H27FN6O2/c1-12(2)19-21(31)26-18-13(3)24-22(27-20(18)28(19)4)25-16-10-29(11-16)17(30)9-14-5-7-15(23)8-6-14/h5-8,12,16,19H,9-11H2,1-4H3,(H,26,31)(H,24,25,27). The molecule has 164 valence electrons. The number of carbonyl (C=O) groups is 2. The van der Waals surface area contributed by atoms with Crippen molar-refractivity contribution < 1.29 is 14.0 Å². The Morgan fingerprint density at radius 3 is 2.58 bits per heavy atom. The van der Waals surface area contributed by atoms with Gasteiger partial charge in [0.05, 0.1) is 18.2 Å². The number of aromatic nitrogens is 2. The molecular weight excluding hydrogens is 399 g/mol. The van der Waals surface area contributed by atoms with Crippen LogP contribution >= 0.6 is 0 Å². The number of fused-ring (bicyclic) bond motifs is 1. The highest BCUT2D eigenvalue weighted by molar-refractivity contribution is 6.03. The number of halogens is 1. The van der Waals surface area contributed by atoms with E-state index < -0.39 is 0 Å². The molecule has 0 bridgehead atoms. The molecule has 1 unspecified atom stereocenters. The Balaban J connectivity index is 1.39. The van der Waals surface area contributed by atoms with Crippen molar-refractivity contribution in [1.29, 1.82) is 0 Å². The number of anilines is 3. The van der Waals surface area contributed by atoms with E-state index in [9.17, 15) is 14.0 Å². The molecule has 2 aliphatic heterocycles. The predicted octanol–water partition coefficient (Wildman–Crippen LogP) is 2.20. The van der Waals surface area contributed by atoms with Gasteiger partial charge < -0.3 is 20.4 Å². The maximum Gasteiger partial charge on any atom is 0.247 e. The van der Waals surface area contributed by atoms with E-state index in [4.69, 9.17) is 0 Å². The minimum absolute atomic E-state index is 0.00872. The Morgan fingerprint density at radius 2 is 1.94 bits per heavy atom. The van der Waals surface area contributed by atoms with Crippen molar-refractivity contribution in [2.45, 2.75) is 39.3 Å². The first-order valence-corrected chi connectivity index (χ1v) is 10.4. The van der Waals surface area contributed by atoms with Crippen LogP contribution in [-0.2, 0) is 16.0 Å². The van der Waals surface area contributed by atoms with Gasteiger partial charge in [-0.3, -0.25) is 9.59 Å². The SMILES string of the molecule is Cc1nc(NC2CN(C(=O)Cc3ccc(F)cc3)C2)nc2c1NC(=O)C(C(C)C)N2C. The first-order valence-electron chi connectivity index (χ1n) is 10.4. The Hall–Kier alpha value is -3.23. The van der Waals surface area contributed by atoms with Crippen LogP contribution in [0, 0.1) is 18.7 Å². The summed E-state index contributed by atoms with van der Waals surface area (Å²) in [5.74, 6) is 0.960. The average molecular weight is 426 g/mol. The van der Waals surface area contributed by atoms with Gasteiger partial charge in [0, 0.05) is 20.1 Å². The van der Waals surface area contributed by atoms with Crippen molar-refractivity contribution in [2.75, 3.05) is 35.7 Å². The van der Waals surface area contributed by atoms with E-state index in [1.165, 1.54) is 12.1 Å². The van der Waals surface area contributed by atoms with Gasteiger partial charge in [0.2, 0.25) is 17.8 Å². The molecule has 1 aromatic carbocycles. The molecule has 4 rings (SSSR count). The minimum atomic E-state index is -0.310. The number of hydrogen-bond donors (Lipinski definition) is 2. The second kappa shape index (κ2) is 8.13. The molecule has 1 saturated heterocycles. The molecule has 2 aliphatic rings. The molecule has 1 aromatic heterocycles. The highest BCUT2D eigenvalue weighted by atomic mass is 19.1. The average Bonchev–Trinajstić information content (AvgIpc) is 2.67. The fourth-order valence-corrected chi connectivity index (χ4v) is 4.12. The van der Waals surface area contributed by atoms with Gasteiger partial charge in [0.25, 0.3) is 0 Å². The topological polar surface area (TPSA) is 90.5 Å². The summed E-state index contributed by atoms with van der Waals surface area (Å²) in [5, 5.41) is 6.23. The number of carbonyl (C=O) groups excluding carboxylic acids is 2. The summed E-state index contributed by atoms with van der Waals surface area (Å²) >= 11 is 0. The fraction of sp³-hybridized carbons (Fsp3) is 0.455. The highest BCUT2D eigenvalue weighted by Crippen LogP contribution is 2.34. The zero-order chi connectivity index (χ0) is 22.3. The van der Waals surface area contributed by atoms with Crippen molar-refractivity contribution >= 4 is 29.3 Å². The van der Waals surface area contributed by atoms with Gasteiger partial charge in [0.15, 0.2) is 5.82 Å². The maximum absolute atomic E-state index is 13.0. The molecule has 3 heterocycles. The van der Waals surface area contributed by atoms with Gasteiger partial charge in [-0.1, -0.05) is 26.0 Å². The van der Waals surface area contributed by atoms with Crippen molar-refractivity contribution in [3.05, 3.63) is 41.3 Å². The molecule has 2 N–H and O–H groups in total. The lowest BCUT2D eigenvalue weighted by Gasteiger charge is -2.40. The number of nitrogens with zero attached hydrogens (tertiary/aromatic N) is 4. The van der Waals surface area contributed by atoms with Crippen LogP contribution in [0.4, 0.5) is 21.8 Å². The molecule has 1 atom stereocenters. The van der Waals surface area contributed by atoms with Gasteiger partial charge in [-0.15, -0.1) is 0 Å². The summed E-state index contributed by atoms with van der Waals surface area (Å²) in [6.45, 7) is 6.96. The molecule has 2 amide bonds. The zero-order valence-corrected chi connectivity index (χ0v) is 18.1. The van der Waals surface area contributed by atoms with Gasteiger partial charge in [-0.05, 0) is 30.5 Å². The van der Waals surface area contributed by atoms with E-state index in [1.807, 2.05) is 32.7 Å². The quantitative estimate of drug-likeness (QED) is 0.762. The van der Waals surface area contributed by atoms with Crippen LogP contribution in [0.1, 0.15) is 25.1 Å². The number of likely N-dealkylation sites (N-methyl/N-ethyl adjacent to an activating group) is 1. The Morgan fingerprint density at radius 1 is 1.26 bits per heavy atom. The number of amides is 2. The first-order chi connectivity index (χ1) is 14.7. The minimum Gasteiger partial charge on any atom is -0.348 e. The molecule has 0 aliphatic carbocycles. The smallest absolute Gasteiger partial charge is 0.247 e. The third-order valence-electron chi connectivity index (χ3n) is 5.81. The summed E-state index contributed by atoms with van der Waals surface area (Å²) < 4.78 is 13.0. The van der Waals surface area contributed by atoms with Crippen LogP contribution in [0.25, 0.3) is 0 Å². The number of aryl methyl sites for hydroxylation is 1. The van der Waals surface area contributed by atoms with E-state index in [0.717, 1.165) is 5.56 Å². The maximum atomic E-state index is 13.0. The lowest BCUT2D eigenvalue weighted by Crippen LogP contribution is -2.57. The molecule has 0 saturated carbocycles. The molecule has 0 spiro atoms. The largest absolute Gasteiger partial charge is 0.348 e. The zero-order valence-electron chi connectivity index (χ0n) is 18.1. The van der Waals surface area contributed by atoms with Gasteiger partial charge >= 0.3 is 0 Å². The third kappa shape index (κ3) is 4.17. The van der Waals surface area contributed by atoms with Gasteiger partial charge in [0.1, 0.15) is 17.5 Å². The van der Waals surface area contributed by atoms with E-state index in [1.54, 1.807) is 17.0 Å². The summed E-state index contributed by atoms with van der Waals surface area (Å²) in [7, 11) is 1.87. The Kier molecular flexibility index (Phi) is 5.51. The molecular formula is C22H27FN6O2. The number of rotatable bonds is 5. The normalized spacial score (nSPS) is 18.5. The van der Waals surface area contributed by atoms with Crippen molar-refractivity contribution in [3.63, 3.8) is 0 Å². The van der Waals surface area contributed by atoms with Gasteiger partial charge in [-0.25, -0.2) is 9.37 Å². The molecule has 8 nitrogen and oxygen atoms in total. The van der Waals surface area contributed by atoms with Crippen molar-refractivity contribution in [2.24, 2.45) is 5.92 Å². The summed E-state index contributed by atoms with van der Waals surface area (Å²) in [6.07, 6.45) is 0.253. The number of hydrogen-bond acceptors (Lipinski definition) is 6. The monoisotopic (exact) mass is 426 g/mol. The molecule has 1 fully saturated rings. The summed E-state index contributed by atoms with van der Waals surface area (Å²) in [5.41, 5.74) is 2.12. The summed E-state index contributed by atoms with van der Waals surface area (Å²) in [6, 6.07) is 5.75. The van der Waals surface area contributed by atoms with Crippen LogP contribution in [0.5, 0.6) is 0 Å². The second-order valence-electron chi connectivity index (χ2n) is 8.56. The lowest BCUT2D eigenvalue weighted by atomic mass is 9.99. The molecule has 9 heteroatoms. The van der Waals surface area contributed by atoms with Crippen LogP contribution in [0.3, 0.4) is 0 Å². The Bertz CT molecular complexity index is 1000. The van der Waals surface area contributed by atoms with Crippen molar-refractivity contribution in [1.82, 2.24) is 14.9 Å². The van der Waals surface area contributed by atoms with Crippen molar-refractivity contribution in [3.8, 4) is 0 Å². The Labute approximate surface area is 180 Å². The molecule has 31 heavy (non-hydrogen) atoms. The highest BCUT2D eigenvalue weighted by Gasteiger charge is 2.36. The first kappa shape index (κ1) is 21.0. The number of nitrogens with one attached hydrogen (secondary N) is 2.